The number of alkyl halides is 3. The average Bonchev–Trinajstić information content (AvgIpc) is 2.28. The predicted octanol–water partition coefficient (Wildman–Crippen LogP) is 4.42. The number of halogens is 4. The van der Waals surface area contributed by atoms with Crippen molar-refractivity contribution in [2.75, 3.05) is 0 Å². The van der Waals surface area contributed by atoms with Crippen molar-refractivity contribution in [2.24, 2.45) is 5.73 Å². The van der Waals surface area contributed by atoms with Crippen LogP contribution in [0.15, 0.2) is 18.2 Å². The van der Waals surface area contributed by atoms with Crippen LogP contribution in [0.3, 0.4) is 0 Å². The van der Waals surface area contributed by atoms with E-state index in [4.69, 9.17) is 5.73 Å². The fourth-order valence-electron chi connectivity index (χ4n) is 1.77. The predicted molar refractivity (Wildman–Crippen MR) is 62.5 cm³/mol. The normalized spacial score (nSPS) is 13.7. The zero-order chi connectivity index (χ0) is 13.8. The first-order valence-corrected chi connectivity index (χ1v) is 5.98. The van der Waals surface area contributed by atoms with E-state index in [9.17, 15) is 17.6 Å². The molecule has 0 aliphatic carbocycles. The van der Waals surface area contributed by atoms with Crippen LogP contribution >= 0.6 is 0 Å². The summed E-state index contributed by atoms with van der Waals surface area (Å²) in [5, 5.41) is 0. The quantitative estimate of drug-likeness (QED) is 0.617. The fourth-order valence-corrected chi connectivity index (χ4v) is 1.77. The molecule has 0 amide bonds. The zero-order valence-corrected chi connectivity index (χ0v) is 10.2. The highest BCUT2D eigenvalue weighted by atomic mass is 19.4. The molecule has 102 valence electrons. The summed E-state index contributed by atoms with van der Waals surface area (Å²) in [5.41, 5.74) is 4.83. The van der Waals surface area contributed by atoms with Gasteiger partial charge in [-0.3, -0.25) is 0 Å². The van der Waals surface area contributed by atoms with E-state index in [1.54, 1.807) is 0 Å². The first-order valence-electron chi connectivity index (χ1n) is 5.98. The lowest BCUT2D eigenvalue weighted by molar-refractivity contribution is -0.137. The molecule has 0 bridgehead atoms. The summed E-state index contributed by atoms with van der Waals surface area (Å²) in [6, 6.07) is 1.69. The van der Waals surface area contributed by atoms with Crippen LogP contribution in [0.5, 0.6) is 0 Å². The van der Waals surface area contributed by atoms with Gasteiger partial charge in [0.25, 0.3) is 0 Å². The fraction of sp³-hybridized carbons (Fsp3) is 0.538. The van der Waals surface area contributed by atoms with Gasteiger partial charge in [0.15, 0.2) is 0 Å². The van der Waals surface area contributed by atoms with E-state index in [2.05, 4.69) is 0 Å². The van der Waals surface area contributed by atoms with Crippen molar-refractivity contribution in [1.29, 1.82) is 0 Å². The molecule has 0 aromatic heterocycles. The number of hydrogen-bond donors (Lipinski definition) is 1. The van der Waals surface area contributed by atoms with E-state index in [0.29, 0.717) is 6.42 Å². The molecule has 1 nitrogen and oxygen atoms in total. The molecule has 0 unspecified atom stereocenters. The smallest absolute Gasteiger partial charge is 0.324 e. The van der Waals surface area contributed by atoms with Crippen molar-refractivity contribution >= 4 is 0 Å². The van der Waals surface area contributed by atoms with Crippen molar-refractivity contribution in [3.8, 4) is 0 Å². The molecule has 0 heterocycles. The van der Waals surface area contributed by atoms with Crippen LogP contribution < -0.4 is 5.73 Å². The van der Waals surface area contributed by atoms with E-state index in [1.165, 1.54) is 0 Å². The second kappa shape index (κ2) is 6.18. The second-order valence-electron chi connectivity index (χ2n) is 4.34. The Labute approximate surface area is 104 Å². The molecule has 0 fully saturated rings. The van der Waals surface area contributed by atoms with Gasteiger partial charge in [-0.25, -0.2) is 4.39 Å². The summed E-state index contributed by atoms with van der Waals surface area (Å²) in [4.78, 5) is 0. The SMILES string of the molecule is CCCCC[C@@H](N)c1cc(C(F)(F)F)ccc1F. The molecule has 1 aromatic carbocycles. The number of nitrogens with two attached hydrogens (primary N) is 1. The Balaban J connectivity index is 2.86. The maximum absolute atomic E-state index is 13.5. The largest absolute Gasteiger partial charge is 0.416 e. The lowest BCUT2D eigenvalue weighted by atomic mass is 9.98. The maximum Gasteiger partial charge on any atom is 0.416 e. The van der Waals surface area contributed by atoms with Crippen LogP contribution in [0.1, 0.15) is 49.8 Å². The third kappa shape index (κ3) is 3.98. The van der Waals surface area contributed by atoms with E-state index >= 15 is 0 Å². The van der Waals surface area contributed by atoms with Gasteiger partial charge in [0, 0.05) is 11.6 Å². The van der Waals surface area contributed by atoms with Crippen molar-refractivity contribution in [2.45, 2.75) is 44.8 Å². The van der Waals surface area contributed by atoms with Gasteiger partial charge >= 0.3 is 6.18 Å². The molecule has 1 aromatic rings. The number of benzene rings is 1. The van der Waals surface area contributed by atoms with E-state index in [-0.39, 0.29) is 5.56 Å². The van der Waals surface area contributed by atoms with Crippen LogP contribution in [-0.4, -0.2) is 0 Å². The third-order valence-electron chi connectivity index (χ3n) is 2.84. The van der Waals surface area contributed by atoms with Crippen molar-refractivity contribution < 1.29 is 17.6 Å². The second-order valence-corrected chi connectivity index (χ2v) is 4.34. The number of hydrogen-bond acceptors (Lipinski definition) is 1. The Morgan fingerprint density at radius 3 is 2.44 bits per heavy atom. The van der Waals surface area contributed by atoms with Gasteiger partial charge in [-0.05, 0) is 24.6 Å². The Hall–Kier alpha value is -1.10. The Kier molecular flexibility index (Phi) is 5.14. The highest BCUT2D eigenvalue weighted by Crippen LogP contribution is 2.32. The van der Waals surface area contributed by atoms with Gasteiger partial charge in [0.2, 0.25) is 0 Å². The van der Waals surface area contributed by atoms with Gasteiger partial charge in [-0.15, -0.1) is 0 Å². The zero-order valence-electron chi connectivity index (χ0n) is 10.2. The van der Waals surface area contributed by atoms with Gasteiger partial charge in [-0.2, -0.15) is 13.2 Å². The van der Waals surface area contributed by atoms with Crippen LogP contribution in [0.4, 0.5) is 17.6 Å². The summed E-state index contributed by atoms with van der Waals surface area (Å²) in [7, 11) is 0. The molecule has 1 rings (SSSR count). The van der Waals surface area contributed by atoms with Gasteiger partial charge in [0.05, 0.1) is 5.56 Å². The van der Waals surface area contributed by atoms with E-state index in [0.717, 1.165) is 37.5 Å². The minimum Gasteiger partial charge on any atom is -0.324 e. The standard InChI is InChI=1S/C13H17F4N/c1-2-3-4-5-12(18)10-8-9(13(15,16)17)6-7-11(10)14/h6-8,12H,2-5,18H2,1H3/t12-/m1/s1. The third-order valence-corrected chi connectivity index (χ3v) is 2.84. The van der Waals surface area contributed by atoms with Crippen LogP contribution in [0.2, 0.25) is 0 Å². The van der Waals surface area contributed by atoms with Crippen LogP contribution in [0, 0.1) is 5.82 Å². The Bertz CT molecular complexity index is 387. The molecular weight excluding hydrogens is 246 g/mol. The Morgan fingerprint density at radius 2 is 1.89 bits per heavy atom. The highest BCUT2D eigenvalue weighted by Gasteiger charge is 2.31. The lowest BCUT2D eigenvalue weighted by Gasteiger charge is -2.15. The minimum absolute atomic E-state index is 0.0547. The molecule has 0 saturated heterocycles. The van der Waals surface area contributed by atoms with E-state index < -0.39 is 23.6 Å². The molecule has 0 aliphatic rings. The van der Waals surface area contributed by atoms with Crippen molar-refractivity contribution in [1.82, 2.24) is 0 Å². The van der Waals surface area contributed by atoms with Crippen LogP contribution in [0.25, 0.3) is 0 Å². The summed E-state index contributed by atoms with van der Waals surface area (Å²) in [6.07, 6.45) is -1.27. The van der Waals surface area contributed by atoms with Crippen molar-refractivity contribution in [3.63, 3.8) is 0 Å². The topological polar surface area (TPSA) is 26.0 Å². The summed E-state index contributed by atoms with van der Waals surface area (Å²) in [6.45, 7) is 2.01. The molecule has 18 heavy (non-hydrogen) atoms. The lowest BCUT2D eigenvalue weighted by Crippen LogP contribution is -2.14. The summed E-state index contributed by atoms with van der Waals surface area (Å²) in [5.74, 6) is -0.674. The van der Waals surface area contributed by atoms with Crippen LogP contribution in [-0.2, 0) is 6.18 Å². The molecule has 0 radical (unpaired) electrons. The molecule has 0 aliphatic heterocycles. The molecule has 2 N–H and O–H groups in total. The van der Waals surface area contributed by atoms with Gasteiger partial charge < -0.3 is 5.73 Å². The Morgan fingerprint density at radius 1 is 1.22 bits per heavy atom. The molecular formula is C13H17F4N. The average molecular weight is 263 g/mol. The molecule has 5 heteroatoms. The summed E-state index contributed by atoms with van der Waals surface area (Å²) < 4.78 is 51.0. The monoisotopic (exact) mass is 263 g/mol. The van der Waals surface area contributed by atoms with Gasteiger partial charge in [0.1, 0.15) is 5.82 Å². The molecule has 0 saturated carbocycles. The van der Waals surface area contributed by atoms with Crippen molar-refractivity contribution in [3.05, 3.63) is 35.1 Å². The van der Waals surface area contributed by atoms with Gasteiger partial charge in [-0.1, -0.05) is 26.2 Å². The number of rotatable bonds is 5. The number of unbranched alkanes of at least 4 members (excludes halogenated alkanes) is 2. The first-order chi connectivity index (χ1) is 8.36. The molecule has 0 spiro atoms. The maximum atomic E-state index is 13.5. The molecule has 1 atom stereocenters. The van der Waals surface area contributed by atoms with E-state index in [1.807, 2.05) is 6.92 Å². The first kappa shape index (κ1) is 15.0. The minimum atomic E-state index is -4.47. The summed E-state index contributed by atoms with van der Waals surface area (Å²) >= 11 is 0. The highest BCUT2D eigenvalue weighted by molar-refractivity contribution is 5.29.